The first-order valence-corrected chi connectivity index (χ1v) is 8.81. The number of nitro benzene ring substituents is 1. The lowest BCUT2D eigenvalue weighted by Gasteiger charge is -2.15. The second-order valence-corrected chi connectivity index (χ2v) is 6.24. The molecule has 27 heavy (non-hydrogen) atoms. The summed E-state index contributed by atoms with van der Waals surface area (Å²) in [4.78, 5) is 28.8. The van der Waals surface area contributed by atoms with Gasteiger partial charge in [-0.3, -0.25) is 19.8 Å². The van der Waals surface area contributed by atoms with Gasteiger partial charge in [0, 0.05) is 35.7 Å². The van der Waals surface area contributed by atoms with Gasteiger partial charge < -0.3 is 4.42 Å². The van der Waals surface area contributed by atoms with Crippen LogP contribution in [-0.4, -0.2) is 22.4 Å². The molecule has 0 bridgehead atoms. The zero-order valence-corrected chi connectivity index (χ0v) is 15.0. The Morgan fingerprint density at radius 2 is 2.11 bits per heavy atom. The van der Waals surface area contributed by atoms with E-state index in [1.165, 1.54) is 40.7 Å². The molecule has 2 aromatic heterocycles. The van der Waals surface area contributed by atoms with Crippen LogP contribution in [0.25, 0.3) is 17.3 Å². The number of thiazole rings is 1. The highest BCUT2D eigenvalue weighted by Gasteiger charge is 2.17. The van der Waals surface area contributed by atoms with E-state index < -0.39 is 4.92 Å². The van der Waals surface area contributed by atoms with E-state index in [9.17, 15) is 14.9 Å². The van der Waals surface area contributed by atoms with Crippen molar-refractivity contribution in [2.75, 3.05) is 11.4 Å². The number of nitro groups is 1. The number of carbonyl (C=O) groups excluding carboxylic acids is 1. The van der Waals surface area contributed by atoms with Gasteiger partial charge in [-0.15, -0.1) is 17.9 Å². The molecule has 0 saturated heterocycles. The zero-order valence-electron chi connectivity index (χ0n) is 14.1. The Morgan fingerprint density at radius 3 is 2.74 bits per heavy atom. The summed E-state index contributed by atoms with van der Waals surface area (Å²) in [6.45, 7) is 3.99. The van der Waals surface area contributed by atoms with Crippen molar-refractivity contribution in [3.8, 4) is 11.3 Å². The van der Waals surface area contributed by atoms with Crippen molar-refractivity contribution >= 4 is 34.1 Å². The first-order valence-electron chi connectivity index (χ1n) is 7.93. The molecule has 136 valence electrons. The van der Waals surface area contributed by atoms with Crippen LogP contribution in [0.3, 0.4) is 0 Å². The molecule has 0 aliphatic rings. The number of hydrogen-bond donors (Lipinski definition) is 0. The summed E-state index contributed by atoms with van der Waals surface area (Å²) in [6, 6.07) is 9.60. The van der Waals surface area contributed by atoms with Crippen molar-refractivity contribution < 1.29 is 14.1 Å². The largest absolute Gasteiger partial charge is 0.465 e. The third kappa shape index (κ3) is 4.36. The molecule has 1 aromatic carbocycles. The summed E-state index contributed by atoms with van der Waals surface area (Å²) in [7, 11) is 0. The molecule has 0 spiro atoms. The van der Waals surface area contributed by atoms with Crippen molar-refractivity contribution in [2.45, 2.75) is 0 Å². The summed E-state index contributed by atoms with van der Waals surface area (Å²) >= 11 is 1.31. The number of nitrogens with zero attached hydrogens (tertiary/aromatic N) is 3. The molecule has 0 aliphatic carbocycles. The number of rotatable bonds is 7. The van der Waals surface area contributed by atoms with Crippen molar-refractivity contribution in [2.24, 2.45) is 0 Å². The average molecular weight is 381 g/mol. The highest BCUT2D eigenvalue weighted by Crippen LogP contribution is 2.29. The fraction of sp³-hybridized carbons (Fsp3) is 0.0526. The van der Waals surface area contributed by atoms with E-state index in [-0.39, 0.29) is 11.6 Å². The minimum atomic E-state index is -0.452. The maximum Gasteiger partial charge on any atom is 0.269 e. The standard InChI is InChI=1S/C19H15N3O4S/c1-2-11-21(18(23)10-9-16-4-3-12-26-16)19-20-17(13-27-19)14-5-7-15(8-6-14)22(24)25/h2-10,12-13H,1,11H2/b10-9+. The number of non-ortho nitro benzene ring substituents is 1. The fourth-order valence-corrected chi connectivity index (χ4v) is 3.14. The number of furan rings is 1. The smallest absolute Gasteiger partial charge is 0.269 e. The molecule has 0 N–H and O–H groups in total. The summed E-state index contributed by atoms with van der Waals surface area (Å²) in [5.74, 6) is 0.323. The number of anilines is 1. The van der Waals surface area contributed by atoms with Crippen LogP contribution in [0.2, 0.25) is 0 Å². The Morgan fingerprint density at radius 1 is 1.33 bits per heavy atom. The van der Waals surface area contributed by atoms with Crippen LogP contribution in [0.4, 0.5) is 10.8 Å². The van der Waals surface area contributed by atoms with E-state index in [0.717, 1.165) is 5.56 Å². The molecule has 0 radical (unpaired) electrons. The van der Waals surface area contributed by atoms with Crippen LogP contribution in [0.5, 0.6) is 0 Å². The maximum atomic E-state index is 12.5. The molecule has 8 heteroatoms. The summed E-state index contributed by atoms with van der Waals surface area (Å²) in [5, 5.41) is 13.1. The minimum absolute atomic E-state index is 0.0146. The van der Waals surface area contributed by atoms with Crippen molar-refractivity contribution in [3.05, 3.63) is 82.6 Å². The highest BCUT2D eigenvalue weighted by molar-refractivity contribution is 7.14. The van der Waals surface area contributed by atoms with Crippen LogP contribution >= 0.6 is 11.3 Å². The molecule has 2 heterocycles. The predicted octanol–water partition coefficient (Wildman–Crippen LogP) is 4.54. The number of carbonyl (C=O) groups is 1. The van der Waals surface area contributed by atoms with E-state index in [2.05, 4.69) is 11.6 Å². The van der Waals surface area contributed by atoms with Gasteiger partial charge in [-0.05, 0) is 30.3 Å². The van der Waals surface area contributed by atoms with E-state index in [1.54, 1.807) is 41.8 Å². The Labute approximate surface area is 159 Å². The van der Waals surface area contributed by atoms with E-state index in [1.807, 2.05) is 0 Å². The number of amides is 1. The highest BCUT2D eigenvalue weighted by atomic mass is 32.1. The minimum Gasteiger partial charge on any atom is -0.465 e. The lowest BCUT2D eigenvalue weighted by molar-refractivity contribution is -0.384. The summed E-state index contributed by atoms with van der Waals surface area (Å²) < 4.78 is 5.18. The third-order valence-corrected chi connectivity index (χ3v) is 4.47. The van der Waals surface area contributed by atoms with Gasteiger partial charge in [0.05, 0.1) is 16.9 Å². The molecular formula is C19H15N3O4S. The first-order chi connectivity index (χ1) is 13.1. The normalized spacial score (nSPS) is 10.8. The fourth-order valence-electron chi connectivity index (χ4n) is 2.30. The second-order valence-electron chi connectivity index (χ2n) is 5.41. The lowest BCUT2D eigenvalue weighted by atomic mass is 10.1. The Hall–Kier alpha value is -3.52. The molecule has 0 aliphatic heterocycles. The zero-order chi connectivity index (χ0) is 19.2. The van der Waals surface area contributed by atoms with Crippen molar-refractivity contribution in [1.29, 1.82) is 0 Å². The van der Waals surface area contributed by atoms with Gasteiger partial charge in [-0.1, -0.05) is 6.08 Å². The third-order valence-electron chi connectivity index (χ3n) is 3.61. The monoisotopic (exact) mass is 381 g/mol. The van der Waals surface area contributed by atoms with Gasteiger partial charge in [-0.25, -0.2) is 4.98 Å². The molecule has 0 fully saturated rings. The van der Waals surface area contributed by atoms with Gasteiger partial charge in [0.15, 0.2) is 5.13 Å². The van der Waals surface area contributed by atoms with Gasteiger partial charge >= 0.3 is 0 Å². The Kier molecular flexibility index (Phi) is 5.58. The first kappa shape index (κ1) is 18.3. The van der Waals surface area contributed by atoms with E-state index in [4.69, 9.17) is 4.42 Å². The summed E-state index contributed by atoms with van der Waals surface area (Å²) in [6.07, 6.45) is 6.15. The number of aromatic nitrogens is 1. The predicted molar refractivity (Wildman–Crippen MR) is 104 cm³/mol. The average Bonchev–Trinajstić information content (AvgIpc) is 3.36. The molecule has 0 unspecified atom stereocenters. The van der Waals surface area contributed by atoms with Crippen molar-refractivity contribution in [3.63, 3.8) is 0 Å². The number of benzene rings is 1. The quantitative estimate of drug-likeness (QED) is 0.259. The van der Waals surface area contributed by atoms with Crippen LogP contribution in [0.15, 0.2) is 71.2 Å². The van der Waals surface area contributed by atoms with Crippen LogP contribution in [-0.2, 0) is 4.79 Å². The van der Waals surface area contributed by atoms with Gasteiger partial charge in [0.1, 0.15) is 5.76 Å². The van der Waals surface area contributed by atoms with Gasteiger partial charge in [0.25, 0.3) is 11.6 Å². The van der Waals surface area contributed by atoms with Crippen LogP contribution in [0.1, 0.15) is 5.76 Å². The number of hydrogen-bond acceptors (Lipinski definition) is 6. The molecule has 0 saturated carbocycles. The van der Waals surface area contributed by atoms with Crippen molar-refractivity contribution in [1.82, 2.24) is 4.98 Å². The molecule has 0 atom stereocenters. The maximum absolute atomic E-state index is 12.5. The second kappa shape index (κ2) is 8.24. The molecule has 3 aromatic rings. The molecule has 7 nitrogen and oxygen atoms in total. The topological polar surface area (TPSA) is 89.5 Å². The Bertz CT molecular complexity index is 975. The summed E-state index contributed by atoms with van der Waals surface area (Å²) in [5.41, 5.74) is 1.39. The molecular weight excluding hydrogens is 366 g/mol. The van der Waals surface area contributed by atoms with Crippen LogP contribution < -0.4 is 4.90 Å². The molecule has 3 rings (SSSR count). The molecule has 1 amide bonds. The van der Waals surface area contributed by atoms with Gasteiger partial charge in [0.2, 0.25) is 0 Å². The van der Waals surface area contributed by atoms with E-state index in [0.29, 0.717) is 23.1 Å². The van der Waals surface area contributed by atoms with Crippen LogP contribution in [0, 0.1) is 10.1 Å². The SMILES string of the molecule is C=CCN(C(=O)/C=C/c1ccco1)c1nc(-c2ccc([N+](=O)[O-])cc2)cs1. The van der Waals surface area contributed by atoms with Gasteiger partial charge in [-0.2, -0.15) is 0 Å². The Balaban J connectivity index is 1.81. The lowest BCUT2D eigenvalue weighted by Crippen LogP contribution is -2.29. The van der Waals surface area contributed by atoms with E-state index >= 15 is 0 Å².